The van der Waals surface area contributed by atoms with Gasteiger partial charge in [-0.05, 0) is 37.6 Å². The highest BCUT2D eigenvalue weighted by Gasteiger charge is 2.17. The normalized spacial score (nSPS) is 10.7. The second-order valence-electron chi connectivity index (χ2n) is 5.86. The van der Waals surface area contributed by atoms with Crippen molar-refractivity contribution < 1.29 is 9.53 Å². The zero-order chi connectivity index (χ0) is 17.8. The first-order valence-corrected chi connectivity index (χ1v) is 8.41. The van der Waals surface area contributed by atoms with Crippen LogP contribution in [0.4, 0.5) is 0 Å². The Hall–Kier alpha value is -2.59. The highest BCUT2D eigenvalue weighted by atomic mass is 35.5. The summed E-state index contributed by atoms with van der Waals surface area (Å²) < 4.78 is 7.66. The third-order valence-electron chi connectivity index (χ3n) is 4.14. The van der Waals surface area contributed by atoms with E-state index in [0.717, 1.165) is 17.9 Å². The van der Waals surface area contributed by atoms with Crippen LogP contribution in [0.5, 0.6) is 5.75 Å². The summed E-state index contributed by atoms with van der Waals surface area (Å²) in [4.78, 5) is 16.5. The van der Waals surface area contributed by atoms with Gasteiger partial charge in [-0.15, -0.1) is 0 Å². The number of rotatable bonds is 6. The summed E-state index contributed by atoms with van der Waals surface area (Å²) in [6, 6.07) is 15.5. The molecule has 3 rings (SSSR count). The number of Topliss-reactive ketones (excluding diaryl/α,β-unsaturated/α-hetero) is 1. The number of ketones is 1. The molecule has 5 heteroatoms. The molecule has 1 aromatic carbocycles. The van der Waals surface area contributed by atoms with Gasteiger partial charge in [-0.1, -0.05) is 41.9 Å². The highest BCUT2D eigenvalue weighted by Crippen LogP contribution is 2.22. The Morgan fingerprint density at radius 3 is 2.64 bits per heavy atom. The molecule has 128 valence electrons. The molecule has 0 aliphatic carbocycles. The third kappa shape index (κ3) is 3.91. The van der Waals surface area contributed by atoms with E-state index in [4.69, 9.17) is 16.3 Å². The molecular formula is C20H19ClN2O2. The average Bonchev–Trinajstić information content (AvgIpc) is 2.90. The Morgan fingerprint density at radius 1 is 1.16 bits per heavy atom. The lowest BCUT2D eigenvalue weighted by Gasteiger charge is -2.10. The number of benzene rings is 1. The summed E-state index contributed by atoms with van der Waals surface area (Å²) >= 11 is 5.95. The van der Waals surface area contributed by atoms with Crippen molar-refractivity contribution in [2.24, 2.45) is 0 Å². The Morgan fingerprint density at radius 2 is 1.92 bits per heavy atom. The summed E-state index contributed by atoms with van der Waals surface area (Å²) in [7, 11) is 0. The van der Waals surface area contributed by atoms with Crippen molar-refractivity contribution in [3.05, 3.63) is 82.4 Å². The van der Waals surface area contributed by atoms with Crippen molar-refractivity contribution in [3.63, 3.8) is 0 Å². The number of aryl methyl sites for hydroxylation is 1. The fourth-order valence-corrected chi connectivity index (χ4v) is 2.97. The van der Waals surface area contributed by atoms with Crippen LogP contribution in [-0.2, 0) is 6.54 Å². The quantitative estimate of drug-likeness (QED) is 0.485. The third-order valence-corrected chi connectivity index (χ3v) is 4.43. The van der Waals surface area contributed by atoms with E-state index in [2.05, 4.69) is 21.7 Å². The Bertz CT molecular complexity index is 888. The molecule has 0 N–H and O–H groups in total. The number of ether oxygens (including phenoxy) is 1. The van der Waals surface area contributed by atoms with Crippen LogP contribution in [-0.4, -0.2) is 21.9 Å². The van der Waals surface area contributed by atoms with Crippen LogP contribution >= 0.6 is 11.6 Å². The molecule has 25 heavy (non-hydrogen) atoms. The first-order valence-electron chi connectivity index (χ1n) is 8.03. The maximum Gasteiger partial charge on any atom is 0.202 e. The fourth-order valence-electron chi connectivity index (χ4n) is 2.79. The molecule has 0 saturated heterocycles. The second-order valence-corrected chi connectivity index (χ2v) is 6.22. The summed E-state index contributed by atoms with van der Waals surface area (Å²) in [5, 5.41) is 0.254. The summed E-state index contributed by atoms with van der Waals surface area (Å²) in [6.07, 6.45) is 1.58. The zero-order valence-electron chi connectivity index (χ0n) is 14.2. The minimum atomic E-state index is -0.0765. The number of hydrogen-bond donors (Lipinski definition) is 0. The van der Waals surface area contributed by atoms with Gasteiger partial charge in [-0.3, -0.25) is 4.79 Å². The maximum atomic E-state index is 12.6. The minimum absolute atomic E-state index is 0.0684. The maximum absolute atomic E-state index is 12.6. The SMILES string of the molecule is Cc1cc(C(=O)COc2cccnc2Cl)c(C)n1Cc1ccccc1. The van der Waals surface area contributed by atoms with E-state index in [1.54, 1.807) is 18.3 Å². The van der Waals surface area contributed by atoms with Gasteiger partial charge in [0.2, 0.25) is 5.78 Å². The van der Waals surface area contributed by atoms with Gasteiger partial charge in [0, 0.05) is 29.7 Å². The lowest BCUT2D eigenvalue weighted by atomic mass is 10.1. The Balaban J connectivity index is 1.75. The molecule has 0 aliphatic rings. The van der Waals surface area contributed by atoms with Crippen molar-refractivity contribution in [3.8, 4) is 5.75 Å². The molecule has 0 bridgehead atoms. The van der Waals surface area contributed by atoms with Crippen LogP contribution in [0, 0.1) is 13.8 Å². The molecule has 0 spiro atoms. The van der Waals surface area contributed by atoms with Gasteiger partial charge in [-0.25, -0.2) is 4.98 Å². The van der Waals surface area contributed by atoms with E-state index in [-0.39, 0.29) is 17.5 Å². The summed E-state index contributed by atoms with van der Waals surface area (Å²) in [6.45, 7) is 4.63. The monoisotopic (exact) mass is 354 g/mol. The molecule has 0 radical (unpaired) electrons. The van der Waals surface area contributed by atoms with Crippen molar-refractivity contribution in [1.82, 2.24) is 9.55 Å². The van der Waals surface area contributed by atoms with Gasteiger partial charge in [0.25, 0.3) is 0 Å². The van der Waals surface area contributed by atoms with Gasteiger partial charge < -0.3 is 9.30 Å². The fraction of sp³-hybridized carbons (Fsp3) is 0.200. The molecule has 3 aromatic rings. The molecule has 0 saturated carbocycles. The minimum Gasteiger partial charge on any atom is -0.482 e. The van der Waals surface area contributed by atoms with E-state index in [9.17, 15) is 4.79 Å². The molecule has 2 aromatic heterocycles. The van der Waals surface area contributed by atoms with E-state index >= 15 is 0 Å². The summed E-state index contributed by atoms with van der Waals surface area (Å²) in [5.74, 6) is 0.336. The smallest absolute Gasteiger partial charge is 0.202 e. The molecule has 0 unspecified atom stereocenters. The lowest BCUT2D eigenvalue weighted by Crippen LogP contribution is -2.13. The lowest BCUT2D eigenvalue weighted by molar-refractivity contribution is 0.0920. The van der Waals surface area contributed by atoms with Gasteiger partial charge in [0.15, 0.2) is 17.5 Å². The van der Waals surface area contributed by atoms with Crippen LogP contribution in [0.2, 0.25) is 5.15 Å². The van der Waals surface area contributed by atoms with Crippen LogP contribution < -0.4 is 4.74 Å². The van der Waals surface area contributed by atoms with Crippen molar-refractivity contribution in [1.29, 1.82) is 0 Å². The van der Waals surface area contributed by atoms with Crippen molar-refractivity contribution in [2.45, 2.75) is 20.4 Å². The molecule has 0 aliphatic heterocycles. The molecule has 4 nitrogen and oxygen atoms in total. The number of hydrogen-bond acceptors (Lipinski definition) is 3. The largest absolute Gasteiger partial charge is 0.482 e. The van der Waals surface area contributed by atoms with Crippen LogP contribution in [0.25, 0.3) is 0 Å². The number of pyridine rings is 1. The van der Waals surface area contributed by atoms with E-state index in [1.165, 1.54) is 5.56 Å². The first-order chi connectivity index (χ1) is 12.1. The van der Waals surface area contributed by atoms with Crippen LogP contribution in [0.15, 0.2) is 54.7 Å². The molecule has 0 fully saturated rings. The topological polar surface area (TPSA) is 44.1 Å². The number of carbonyl (C=O) groups is 1. The van der Waals surface area contributed by atoms with Crippen molar-refractivity contribution in [2.75, 3.05) is 6.61 Å². The number of nitrogens with zero attached hydrogens (tertiary/aromatic N) is 2. The molecule has 2 heterocycles. The molecule has 0 amide bonds. The number of aromatic nitrogens is 2. The van der Waals surface area contributed by atoms with Gasteiger partial charge in [-0.2, -0.15) is 0 Å². The number of halogens is 1. The Kier molecular flexibility index (Phi) is 5.19. The van der Waals surface area contributed by atoms with Crippen LogP contribution in [0.1, 0.15) is 27.3 Å². The standard InChI is InChI=1S/C20H19ClN2O2/c1-14-11-17(15(2)23(14)12-16-7-4-3-5-8-16)18(24)13-25-19-9-6-10-22-20(19)21/h3-11H,12-13H2,1-2H3. The predicted octanol–water partition coefficient (Wildman–Crippen LogP) is 4.46. The molecule has 0 atom stereocenters. The second kappa shape index (κ2) is 7.53. The van der Waals surface area contributed by atoms with Gasteiger partial charge in [0.1, 0.15) is 0 Å². The Labute approximate surface area is 152 Å². The van der Waals surface area contributed by atoms with E-state index in [1.807, 2.05) is 38.1 Å². The summed E-state index contributed by atoms with van der Waals surface area (Å²) in [5.41, 5.74) is 3.85. The van der Waals surface area contributed by atoms with Gasteiger partial charge in [0.05, 0.1) is 0 Å². The predicted molar refractivity (Wildman–Crippen MR) is 98.5 cm³/mol. The first kappa shape index (κ1) is 17.2. The van der Waals surface area contributed by atoms with E-state index in [0.29, 0.717) is 11.3 Å². The average molecular weight is 355 g/mol. The highest BCUT2D eigenvalue weighted by molar-refractivity contribution is 6.30. The molecular weight excluding hydrogens is 336 g/mol. The zero-order valence-corrected chi connectivity index (χ0v) is 15.0. The van der Waals surface area contributed by atoms with Crippen LogP contribution in [0.3, 0.4) is 0 Å². The van der Waals surface area contributed by atoms with E-state index < -0.39 is 0 Å². The number of carbonyl (C=O) groups excluding carboxylic acids is 1. The van der Waals surface area contributed by atoms with Crippen molar-refractivity contribution >= 4 is 17.4 Å². The van der Waals surface area contributed by atoms with Gasteiger partial charge >= 0.3 is 0 Å².